The Morgan fingerprint density at radius 3 is 1.05 bits per heavy atom. The highest BCUT2D eigenvalue weighted by molar-refractivity contribution is 5.91. The van der Waals surface area contributed by atoms with Gasteiger partial charge in [0.05, 0.1) is 38.4 Å². The standard InChI is InChI=1S/C28H38O15/c1-15(21(34)35)5-26(6-16(2)22(36)37,9-20(25(42)43)19(10-29)11-30)28(7-17(3)23(38)39,8-18(4)24(40)41)27(12-31,13-32)14-33/h5-9,19,29-33H,10-14H2,1-4H3,(H,34,35)(H,36,37)(H,38,39)(H,40,41)(H,42,43). The monoisotopic (exact) mass is 614 g/mol. The van der Waals surface area contributed by atoms with Crippen LogP contribution in [0.1, 0.15) is 27.7 Å². The van der Waals surface area contributed by atoms with Gasteiger partial charge in [0.25, 0.3) is 0 Å². The summed E-state index contributed by atoms with van der Waals surface area (Å²) in [6.45, 7) is -1.95. The van der Waals surface area contributed by atoms with Gasteiger partial charge in [-0.2, -0.15) is 0 Å². The van der Waals surface area contributed by atoms with E-state index in [2.05, 4.69) is 0 Å². The van der Waals surface area contributed by atoms with E-state index in [1.54, 1.807) is 0 Å². The molecule has 0 bridgehead atoms. The Kier molecular flexibility index (Phi) is 14.4. The number of aliphatic hydroxyl groups excluding tert-OH is 5. The summed E-state index contributed by atoms with van der Waals surface area (Å²) in [4.78, 5) is 61.0. The van der Waals surface area contributed by atoms with Gasteiger partial charge >= 0.3 is 29.8 Å². The van der Waals surface area contributed by atoms with Crippen molar-refractivity contribution in [3.8, 4) is 0 Å². The Morgan fingerprint density at radius 1 is 0.512 bits per heavy atom. The van der Waals surface area contributed by atoms with Gasteiger partial charge in [-0.1, -0.05) is 30.4 Å². The summed E-state index contributed by atoms with van der Waals surface area (Å²) >= 11 is 0. The van der Waals surface area contributed by atoms with Crippen molar-refractivity contribution in [2.45, 2.75) is 27.7 Å². The van der Waals surface area contributed by atoms with Crippen LogP contribution < -0.4 is 0 Å². The Labute approximate surface area is 246 Å². The van der Waals surface area contributed by atoms with Crippen LogP contribution in [0.15, 0.2) is 58.2 Å². The van der Waals surface area contributed by atoms with E-state index in [1.807, 2.05) is 0 Å². The van der Waals surface area contributed by atoms with Gasteiger partial charge in [-0.15, -0.1) is 0 Å². The molecule has 10 N–H and O–H groups in total. The number of rotatable bonds is 18. The zero-order valence-corrected chi connectivity index (χ0v) is 24.0. The number of allylic oxidation sites excluding steroid dienone is 5. The predicted octanol–water partition coefficient (Wildman–Crippen LogP) is -0.342. The van der Waals surface area contributed by atoms with Crippen molar-refractivity contribution < 1.29 is 75.0 Å². The summed E-state index contributed by atoms with van der Waals surface area (Å²) in [5.74, 6) is -10.1. The summed E-state index contributed by atoms with van der Waals surface area (Å²) in [5, 5.41) is 101. The van der Waals surface area contributed by atoms with Crippen LogP contribution >= 0.6 is 0 Å². The Hall–Kier alpha value is -4.15. The lowest BCUT2D eigenvalue weighted by Crippen LogP contribution is -2.57. The molecule has 0 rings (SSSR count). The molecule has 0 aromatic heterocycles. The van der Waals surface area contributed by atoms with Gasteiger partial charge in [0, 0.05) is 44.6 Å². The van der Waals surface area contributed by atoms with E-state index in [9.17, 15) is 75.0 Å². The number of hydrogen-bond donors (Lipinski definition) is 10. The smallest absolute Gasteiger partial charge is 0.331 e. The number of aliphatic hydroxyl groups is 5. The highest BCUT2D eigenvalue weighted by Crippen LogP contribution is 2.59. The largest absolute Gasteiger partial charge is 0.478 e. The van der Waals surface area contributed by atoms with E-state index in [1.165, 1.54) is 0 Å². The highest BCUT2D eigenvalue weighted by atomic mass is 16.4. The number of carboxylic acids is 5. The maximum Gasteiger partial charge on any atom is 0.331 e. The van der Waals surface area contributed by atoms with Crippen LogP contribution in [0.5, 0.6) is 0 Å². The molecule has 15 nitrogen and oxygen atoms in total. The molecule has 15 heteroatoms. The molecule has 0 heterocycles. The first-order valence-corrected chi connectivity index (χ1v) is 12.5. The lowest BCUT2D eigenvalue weighted by molar-refractivity contribution is -0.135. The summed E-state index contributed by atoms with van der Waals surface area (Å²) in [7, 11) is 0. The van der Waals surface area contributed by atoms with E-state index in [0.29, 0.717) is 6.08 Å². The lowest BCUT2D eigenvalue weighted by Gasteiger charge is -2.54. The minimum Gasteiger partial charge on any atom is -0.478 e. The second-order valence-corrected chi connectivity index (χ2v) is 10.1. The van der Waals surface area contributed by atoms with Gasteiger partial charge in [0.15, 0.2) is 0 Å². The van der Waals surface area contributed by atoms with Crippen LogP contribution in [0.4, 0.5) is 0 Å². The minimum absolute atomic E-state index is 0.644. The van der Waals surface area contributed by atoms with Gasteiger partial charge in [-0.25, -0.2) is 24.0 Å². The minimum atomic E-state index is -2.70. The Bertz CT molecular complexity index is 1170. The van der Waals surface area contributed by atoms with Crippen molar-refractivity contribution in [2.24, 2.45) is 22.2 Å². The molecule has 0 spiro atoms. The summed E-state index contributed by atoms with van der Waals surface area (Å²) < 4.78 is 0. The van der Waals surface area contributed by atoms with Crippen molar-refractivity contribution in [1.29, 1.82) is 0 Å². The fourth-order valence-electron chi connectivity index (χ4n) is 4.60. The molecular weight excluding hydrogens is 576 g/mol. The van der Waals surface area contributed by atoms with Crippen LogP contribution in [0, 0.1) is 22.2 Å². The second-order valence-electron chi connectivity index (χ2n) is 10.1. The molecule has 0 aromatic carbocycles. The van der Waals surface area contributed by atoms with E-state index in [-0.39, 0.29) is 0 Å². The molecule has 0 saturated heterocycles. The van der Waals surface area contributed by atoms with Crippen molar-refractivity contribution in [3.05, 3.63) is 58.2 Å². The van der Waals surface area contributed by atoms with Crippen LogP contribution in [0.25, 0.3) is 0 Å². The highest BCUT2D eigenvalue weighted by Gasteiger charge is 2.59. The van der Waals surface area contributed by atoms with Gasteiger partial charge in [0.2, 0.25) is 0 Å². The third kappa shape index (κ3) is 8.46. The fourth-order valence-corrected chi connectivity index (χ4v) is 4.60. The zero-order valence-electron chi connectivity index (χ0n) is 24.0. The molecule has 0 saturated carbocycles. The number of aliphatic carboxylic acids is 5. The maximum atomic E-state index is 12.5. The van der Waals surface area contributed by atoms with Crippen LogP contribution in [0.2, 0.25) is 0 Å². The van der Waals surface area contributed by atoms with Gasteiger partial charge in [-0.05, 0) is 27.7 Å². The SMILES string of the molecule is CC(=CC(C=C(C)C(=O)O)(C=C(C(=O)O)C(CO)CO)C(C=C(C)C(=O)O)(C=C(C)C(=O)O)C(CO)(CO)CO)C(=O)O. The molecule has 240 valence electrons. The zero-order chi connectivity index (χ0) is 33.9. The molecule has 0 amide bonds. The van der Waals surface area contributed by atoms with E-state index in [0.717, 1.165) is 52.0 Å². The first kappa shape index (κ1) is 38.9. The second kappa shape index (κ2) is 15.9. The topological polar surface area (TPSA) is 288 Å². The molecule has 0 aliphatic carbocycles. The van der Waals surface area contributed by atoms with Gasteiger partial charge in [-0.3, -0.25) is 0 Å². The molecule has 0 aromatic rings. The molecule has 0 fully saturated rings. The molecule has 0 aliphatic heterocycles. The lowest BCUT2D eigenvalue weighted by atomic mass is 9.48. The van der Waals surface area contributed by atoms with Gasteiger partial charge in [0.1, 0.15) is 0 Å². The molecule has 0 unspecified atom stereocenters. The average molecular weight is 615 g/mol. The first-order valence-electron chi connectivity index (χ1n) is 12.5. The average Bonchev–Trinajstić information content (AvgIpc) is 2.93. The number of hydrogen-bond acceptors (Lipinski definition) is 10. The molecule has 0 radical (unpaired) electrons. The van der Waals surface area contributed by atoms with Crippen LogP contribution in [-0.2, 0) is 24.0 Å². The molecular formula is C28H38O15. The van der Waals surface area contributed by atoms with Crippen LogP contribution in [-0.4, -0.2) is 114 Å². The third-order valence-corrected chi connectivity index (χ3v) is 7.17. The summed E-state index contributed by atoms with van der Waals surface area (Å²) in [6, 6.07) is 0. The maximum absolute atomic E-state index is 12.5. The van der Waals surface area contributed by atoms with Crippen molar-refractivity contribution in [2.75, 3.05) is 33.0 Å². The first-order chi connectivity index (χ1) is 19.8. The predicted molar refractivity (Wildman–Crippen MR) is 148 cm³/mol. The van der Waals surface area contributed by atoms with E-state index >= 15 is 0 Å². The summed E-state index contributed by atoms with van der Waals surface area (Å²) in [5.41, 5.74) is -11.3. The third-order valence-electron chi connectivity index (χ3n) is 7.17. The fraction of sp³-hybridized carbons (Fsp3) is 0.464. The van der Waals surface area contributed by atoms with E-state index < -0.39 is 113 Å². The summed E-state index contributed by atoms with van der Waals surface area (Å²) in [6.07, 6.45) is 3.63. The van der Waals surface area contributed by atoms with Gasteiger partial charge < -0.3 is 51.1 Å². The Morgan fingerprint density at radius 2 is 0.814 bits per heavy atom. The molecule has 0 aliphatic rings. The Balaban J connectivity index is 9.72. The van der Waals surface area contributed by atoms with Crippen LogP contribution in [0.3, 0.4) is 0 Å². The number of carboxylic acid groups (broad SMARTS) is 5. The van der Waals surface area contributed by atoms with E-state index in [4.69, 9.17) is 0 Å². The quantitative estimate of drug-likeness (QED) is 0.0883. The number of carbonyl (C=O) groups is 5. The normalized spacial score (nSPS) is 16.8. The van der Waals surface area contributed by atoms with Crippen molar-refractivity contribution in [3.63, 3.8) is 0 Å². The molecule has 0 atom stereocenters. The molecule has 43 heavy (non-hydrogen) atoms. The van der Waals surface area contributed by atoms with Crippen molar-refractivity contribution >= 4 is 29.8 Å². The van der Waals surface area contributed by atoms with Crippen molar-refractivity contribution in [1.82, 2.24) is 0 Å².